The fraction of sp³-hybridized carbons (Fsp3) is 0.312. The molecule has 2 aromatic rings. The summed E-state index contributed by atoms with van der Waals surface area (Å²) in [6, 6.07) is 7.66. The van der Waals surface area contributed by atoms with Crippen molar-refractivity contribution >= 4 is 5.82 Å². The summed E-state index contributed by atoms with van der Waals surface area (Å²) in [5, 5.41) is 27.7. The number of pyridine rings is 2. The molecular formula is C16H18N4O2. The van der Waals surface area contributed by atoms with E-state index in [0.717, 1.165) is 16.8 Å². The Bertz CT molecular complexity index is 662. The van der Waals surface area contributed by atoms with Gasteiger partial charge in [-0.15, -0.1) is 0 Å². The topological polar surface area (TPSA) is 93.3 Å². The lowest BCUT2D eigenvalue weighted by atomic mass is 10.0. The lowest BCUT2D eigenvalue weighted by Crippen LogP contribution is -2.31. The van der Waals surface area contributed by atoms with E-state index in [4.69, 9.17) is 10.2 Å². The molecule has 0 aliphatic rings. The van der Waals surface area contributed by atoms with E-state index in [1.54, 1.807) is 23.4 Å². The monoisotopic (exact) mass is 298 g/mol. The Balaban J connectivity index is 2.50. The Hall–Kier alpha value is -2.49. The molecule has 6 nitrogen and oxygen atoms in total. The highest BCUT2D eigenvalue weighted by atomic mass is 16.3. The van der Waals surface area contributed by atoms with Crippen LogP contribution in [0.15, 0.2) is 30.6 Å². The van der Waals surface area contributed by atoms with Gasteiger partial charge in [-0.3, -0.25) is 4.98 Å². The molecular weight excluding hydrogens is 280 g/mol. The Labute approximate surface area is 129 Å². The van der Waals surface area contributed by atoms with Crippen LogP contribution in [0.3, 0.4) is 0 Å². The maximum absolute atomic E-state index is 9.41. The Morgan fingerprint density at radius 1 is 1.18 bits per heavy atom. The van der Waals surface area contributed by atoms with E-state index >= 15 is 0 Å². The van der Waals surface area contributed by atoms with Crippen molar-refractivity contribution in [2.75, 3.05) is 31.2 Å². The quantitative estimate of drug-likeness (QED) is 0.830. The van der Waals surface area contributed by atoms with Gasteiger partial charge in [-0.05, 0) is 30.7 Å². The highest BCUT2D eigenvalue weighted by Crippen LogP contribution is 2.27. The van der Waals surface area contributed by atoms with Crippen LogP contribution in [-0.4, -0.2) is 46.5 Å². The Morgan fingerprint density at radius 3 is 2.36 bits per heavy atom. The number of aromatic nitrogens is 2. The van der Waals surface area contributed by atoms with Crippen LogP contribution in [0.4, 0.5) is 5.82 Å². The minimum atomic E-state index is -0.0717. The molecule has 2 rings (SSSR count). The number of hydrogen-bond donors (Lipinski definition) is 2. The second kappa shape index (κ2) is 7.50. The molecule has 0 atom stereocenters. The lowest BCUT2D eigenvalue weighted by Gasteiger charge is -2.23. The molecule has 2 heterocycles. The normalized spacial score (nSPS) is 10.3. The highest BCUT2D eigenvalue weighted by molar-refractivity contribution is 5.70. The molecule has 0 saturated heterocycles. The molecule has 0 unspecified atom stereocenters. The zero-order valence-corrected chi connectivity index (χ0v) is 12.4. The van der Waals surface area contributed by atoms with E-state index in [-0.39, 0.29) is 13.2 Å². The van der Waals surface area contributed by atoms with Crippen molar-refractivity contribution in [2.24, 2.45) is 0 Å². The van der Waals surface area contributed by atoms with Gasteiger partial charge in [0, 0.05) is 36.7 Å². The number of nitrogens with zero attached hydrogens (tertiary/aromatic N) is 4. The summed E-state index contributed by atoms with van der Waals surface area (Å²) in [5.41, 5.74) is 3.01. The van der Waals surface area contributed by atoms with E-state index in [9.17, 15) is 5.26 Å². The third-order valence-corrected chi connectivity index (χ3v) is 3.34. The summed E-state index contributed by atoms with van der Waals surface area (Å²) < 4.78 is 0. The molecule has 2 N–H and O–H groups in total. The predicted octanol–water partition coefficient (Wildman–Crippen LogP) is 1.11. The van der Waals surface area contributed by atoms with E-state index in [2.05, 4.69) is 16.0 Å². The van der Waals surface area contributed by atoms with E-state index in [1.807, 2.05) is 19.1 Å². The molecule has 0 aliphatic carbocycles. The maximum atomic E-state index is 9.41. The number of nitriles is 1. The van der Waals surface area contributed by atoms with Crippen LogP contribution in [0, 0.1) is 18.3 Å². The minimum absolute atomic E-state index is 0.0717. The van der Waals surface area contributed by atoms with Crippen LogP contribution >= 0.6 is 0 Å². The summed E-state index contributed by atoms with van der Waals surface area (Å²) in [6.07, 6.45) is 3.39. The van der Waals surface area contributed by atoms with Crippen LogP contribution in [0.25, 0.3) is 11.1 Å². The summed E-state index contributed by atoms with van der Waals surface area (Å²) in [6.45, 7) is 2.36. The van der Waals surface area contributed by atoms with E-state index in [0.29, 0.717) is 24.5 Å². The molecule has 0 spiro atoms. The number of hydrogen-bond acceptors (Lipinski definition) is 6. The molecule has 0 amide bonds. The van der Waals surface area contributed by atoms with Gasteiger partial charge in [-0.1, -0.05) is 0 Å². The zero-order chi connectivity index (χ0) is 15.9. The summed E-state index contributed by atoms with van der Waals surface area (Å²) >= 11 is 0. The standard InChI is InChI=1S/C16H18N4O2/c1-12-15(13-2-4-18-5-3-13)10-14(11-17)16(19-12)20(6-8-21)7-9-22/h2-5,10,21-22H,6-9H2,1H3. The first-order valence-corrected chi connectivity index (χ1v) is 7.00. The largest absolute Gasteiger partial charge is 0.395 e. The van der Waals surface area contributed by atoms with Crippen molar-refractivity contribution in [3.63, 3.8) is 0 Å². The molecule has 0 aromatic carbocycles. The average molecular weight is 298 g/mol. The van der Waals surface area contributed by atoms with E-state index < -0.39 is 0 Å². The van der Waals surface area contributed by atoms with Gasteiger partial charge in [-0.2, -0.15) is 5.26 Å². The SMILES string of the molecule is Cc1nc(N(CCO)CCO)c(C#N)cc1-c1ccncc1. The molecule has 0 saturated carbocycles. The van der Waals surface area contributed by atoms with Gasteiger partial charge in [0.05, 0.1) is 18.8 Å². The van der Waals surface area contributed by atoms with Crippen LogP contribution in [0.5, 0.6) is 0 Å². The van der Waals surface area contributed by atoms with Crippen molar-refractivity contribution in [3.05, 3.63) is 41.9 Å². The van der Waals surface area contributed by atoms with Crippen LogP contribution in [0.1, 0.15) is 11.3 Å². The molecule has 0 bridgehead atoms. The van der Waals surface area contributed by atoms with Gasteiger partial charge < -0.3 is 15.1 Å². The van der Waals surface area contributed by atoms with Gasteiger partial charge in [0.15, 0.2) is 0 Å². The molecule has 0 fully saturated rings. The van der Waals surface area contributed by atoms with Gasteiger partial charge in [0.25, 0.3) is 0 Å². The van der Waals surface area contributed by atoms with Crippen LogP contribution in [-0.2, 0) is 0 Å². The number of aliphatic hydroxyl groups excluding tert-OH is 2. The first-order valence-electron chi connectivity index (χ1n) is 7.00. The Morgan fingerprint density at radius 2 is 1.82 bits per heavy atom. The van der Waals surface area contributed by atoms with Gasteiger partial charge in [0.2, 0.25) is 0 Å². The molecule has 22 heavy (non-hydrogen) atoms. The summed E-state index contributed by atoms with van der Waals surface area (Å²) in [5.74, 6) is 0.487. The smallest absolute Gasteiger partial charge is 0.147 e. The maximum Gasteiger partial charge on any atom is 0.147 e. The Kier molecular flexibility index (Phi) is 5.42. The second-order valence-corrected chi connectivity index (χ2v) is 4.77. The fourth-order valence-corrected chi connectivity index (χ4v) is 2.30. The van der Waals surface area contributed by atoms with Gasteiger partial charge >= 0.3 is 0 Å². The summed E-state index contributed by atoms with van der Waals surface area (Å²) in [4.78, 5) is 10.2. The summed E-state index contributed by atoms with van der Waals surface area (Å²) in [7, 11) is 0. The molecule has 0 radical (unpaired) electrons. The van der Waals surface area contributed by atoms with Gasteiger partial charge in [-0.25, -0.2) is 4.98 Å². The first kappa shape index (κ1) is 15.9. The first-order chi connectivity index (χ1) is 10.7. The van der Waals surface area contributed by atoms with Crippen molar-refractivity contribution in [3.8, 4) is 17.2 Å². The zero-order valence-electron chi connectivity index (χ0n) is 12.4. The van der Waals surface area contributed by atoms with Crippen molar-refractivity contribution < 1.29 is 10.2 Å². The van der Waals surface area contributed by atoms with Gasteiger partial charge in [0.1, 0.15) is 11.9 Å². The molecule has 2 aromatic heterocycles. The van der Waals surface area contributed by atoms with Crippen LogP contribution < -0.4 is 4.90 Å². The number of aliphatic hydroxyl groups is 2. The average Bonchev–Trinajstić information content (AvgIpc) is 2.55. The molecule has 6 heteroatoms. The van der Waals surface area contributed by atoms with Crippen LogP contribution in [0.2, 0.25) is 0 Å². The number of anilines is 1. The number of aryl methyl sites for hydroxylation is 1. The van der Waals surface area contributed by atoms with Crippen molar-refractivity contribution in [1.82, 2.24) is 9.97 Å². The highest BCUT2D eigenvalue weighted by Gasteiger charge is 2.16. The second-order valence-electron chi connectivity index (χ2n) is 4.77. The molecule has 114 valence electrons. The minimum Gasteiger partial charge on any atom is -0.395 e. The van der Waals surface area contributed by atoms with Crippen molar-refractivity contribution in [2.45, 2.75) is 6.92 Å². The third-order valence-electron chi connectivity index (χ3n) is 3.34. The lowest BCUT2D eigenvalue weighted by molar-refractivity contribution is 0.280. The molecule has 0 aliphatic heterocycles. The van der Waals surface area contributed by atoms with E-state index in [1.165, 1.54) is 0 Å². The predicted molar refractivity (Wildman–Crippen MR) is 83.3 cm³/mol. The number of rotatable bonds is 6. The third kappa shape index (κ3) is 3.39. The van der Waals surface area contributed by atoms with Crippen molar-refractivity contribution in [1.29, 1.82) is 5.26 Å². The fourth-order valence-electron chi connectivity index (χ4n) is 2.30.